The van der Waals surface area contributed by atoms with Gasteiger partial charge in [0.2, 0.25) is 0 Å². The van der Waals surface area contributed by atoms with E-state index in [1.165, 1.54) is 28.2 Å². The van der Waals surface area contributed by atoms with E-state index in [4.69, 9.17) is 9.90 Å². The van der Waals surface area contributed by atoms with E-state index in [1.807, 2.05) is 56.4 Å². The van der Waals surface area contributed by atoms with E-state index in [0.29, 0.717) is 5.56 Å². The Morgan fingerprint density at radius 3 is 2.17 bits per heavy atom. The Labute approximate surface area is 305 Å². The first kappa shape index (κ1) is 30.2. The van der Waals surface area contributed by atoms with E-state index in [-0.39, 0.29) is 25.9 Å². The van der Waals surface area contributed by atoms with E-state index in [9.17, 15) is 4.39 Å². The molecule has 0 aliphatic heterocycles. The third-order valence-corrected chi connectivity index (χ3v) is 12.7. The van der Waals surface area contributed by atoms with E-state index in [2.05, 4.69) is 58.4 Å². The van der Waals surface area contributed by atoms with E-state index in [1.54, 1.807) is 30.5 Å². The first-order chi connectivity index (χ1) is 24.0. The average molecular weight is 876 g/mol. The number of pyridine rings is 2. The summed E-state index contributed by atoms with van der Waals surface area (Å²) in [6.45, 7) is 3.76. The fraction of sp³-hybridized carbons (Fsp3) is 0.190. The minimum Gasteiger partial charge on any atom is 0 e. The molecule has 0 N–H and O–H groups in total. The number of fused-ring (bicyclic) bond motifs is 3. The monoisotopic (exact) mass is 877 g/mol. The van der Waals surface area contributed by atoms with Crippen LogP contribution in [0.5, 0.6) is 0 Å². The molecule has 0 aliphatic carbocycles. The van der Waals surface area contributed by atoms with Gasteiger partial charge in [0.1, 0.15) is 11.4 Å². The Bertz CT molecular complexity index is 2340. The number of aryl methyl sites for hydroxylation is 2. The van der Waals surface area contributed by atoms with Gasteiger partial charge < -0.3 is 9.40 Å². The maximum Gasteiger partial charge on any atom is 0 e. The van der Waals surface area contributed by atoms with Crippen molar-refractivity contribution in [3.05, 3.63) is 138 Å². The molecule has 6 heteroatoms. The van der Waals surface area contributed by atoms with Gasteiger partial charge in [0.15, 0.2) is 0 Å². The summed E-state index contributed by atoms with van der Waals surface area (Å²) in [5, 5.41) is 1.96. The molecule has 0 atom stereocenters. The molecule has 0 amide bonds. The standard InChI is InChI=1S/C26H19FNO.C16H20GeN.Ir/c1-16(2)18-11-12-28-24(15-18)20-6-10-26-23(14-20)22-13-19(5-9-25(22)29-26)17-3-7-21(27)8-4-17;1-12-6-8-14(9-7-12)16-10-13(2)15(11-18-16)17(3,4)5;/h3-5,7-16H,1-2H3;6-8,10-11H,1-5H3;/q2*-1;/i16D;1D3;. The number of halogens is 1. The molecule has 7 rings (SSSR count). The summed E-state index contributed by atoms with van der Waals surface area (Å²) in [4.78, 5) is 9.03. The van der Waals surface area contributed by atoms with Crippen LogP contribution in [-0.2, 0) is 20.1 Å². The first-order valence-corrected chi connectivity index (χ1v) is 22.9. The first-order valence-electron chi connectivity index (χ1n) is 17.6. The van der Waals surface area contributed by atoms with Crippen molar-refractivity contribution in [3.63, 3.8) is 0 Å². The molecule has 245 valence electrons. The molecule has 0 spiro atoms. The van der Waals surface area contributed by atoms with Crippen molar-refractivity contribution in [1.82, 2.24) is 9.97 Å². The van der Waals surface area contributed by atoms with Gasteiger partial charge in [-0.05, 0) is 53.0 Å². The molecule has 0 unspecified atom stereocenters. The van der Waals surface area contributed by atoms with Crippen molar-refractivity contribution in [2.24, 2.45) is 0 Å². The van der Waals surface area contributed by atoms with Gasteiger partial charge in [0, 0.05) is 33.1 Å². The normalized spacial score (nSPS) is 13.1. The summed E-state index contributed by atoms with van der Waals surface area (Å²) in [7, 11) is 0. The van der Waals surface area contributed by atoms with Gasteiger partial charge in [0.05, 0.1) is 5.58 Å². The second kappa shape index (κ2) is 14.7. The minimum atomic E-state index is -2.08. The predicted molar refractivity (Wildman–Crippen MR) is 196 cm³/mol. The number of hydrogen-bond acceptors (Lipinski definition) is 3. The Hall–Kier alpha value is -3.90. The fourth-order valence-electron chi connectivity index (χ4n) is 5.65. The number of hydrogen-bond donors (Lipinski definition) is 0. The Morgan fingerprint density at radius 2 is 1.50 bits per heavy atom. The largest absolute Gasteiger partial charge is 0 e. The van der Waals surface area contributed by atoms with Crippen LogP contribution in [0.25, 0.3) is 55.6 Å². The number of aromatic nitrogens is 2. The zero-order valence-corrected chi connectivity index (χ0v) is 32.3. The third-order valence-electron chi connectivity index (χ3n) is 8.20. The summed E-state index contributed by atoms with van der Waals surface area (Å²) in [5.74, 6) is 6.09. The van der Waals surface area contributed by atoms with Gasteiger partial charge in [-0.15, -0.1) is 23.8 Å². The van der Waals surface area contributed by atoms with Crippen LogP contribution in [0.3, 0.4) is 0 Å². The molecule has 0 aliphatic rings. The Balaban J connectivity index is 0.000000210. The molecule has 0 bridgehead atoms. The summed E-state index contributed by atoms with van der Waals surface area (Å²) >= 11 is -1.89. The number of benzene rings is 4. The molecule has 0 saturated carbocycles. The van der Waals surface area contributed by atoms with Crippen LogP contribution >= 0.6 is 0 Å². The number of nitrogens with zero attached hydrogens (tertiary/aromatic N) is 2. The van der Waals surface area contributed by atoms with Crippen LogP contribution < -0.4 is 4.40 Å². The summed E-state index contributed by atoms with van der Waals surface area (Å²) in [5.41, 5.74) is 9.26. The molecule has 3 nitrogen and oxygen atoms in total. The van der Waals surface area contributed by atoms with Crippen LogP contribution in [-0.4, -0.2) is 23.2 Å². The van der Waals surface area contributed by atoms with Crippen LogP contribution in [0.4, 0.5) is 4.39 Å². The zero-order valence-electron chi connectivity index (χ0n) is 31.8. The summed E-state index contributed by atoms with van der Waals surface area (Å²) in [6.07, 6.45) is 3.72. The minimum absolute atomic E-state index is 0. The third kappa shape index (κ3) is 7.86. The van der Waals surface area contributed by atoms with Crippen LogP contribution in [0.2, 0.25) is 17.3 Å². The zero-order chi connectivity index (χ0) is 36.7. The van der Waals surface area contributed by atoms with Gasteiger partial charge >= 0.3 is 117 Å². The molecule has 0 saturated heterocycles. The van der Waals surface area contributed by atoms with Crippen molar-refractivity contribution in [1.29, 1.82) is 0 Å². The van der Waals surface area contributed by atoms with Gasteiger partial charge in [-0.2, -0.15) is 0 Å². The van der Waals surface area contributed by atoms with E-state index in [0.717, 1.165) is 61.1 Å². The van der Waals surface area contributed by atoms with Crippen molar-refractivity contribution in [2.75, 3.05) is 0 Å². The van der Waals surface area contributed by atoms with Crippen molar-refractivity contribution < 1.29 is 34.4 Å². The van der Waals surface area contributed by atoms with Gasteiger partial charge in [-0.3, -0.25) is 0 Å². The van der Waals surface area contributed by atoms with Crippen LogP contribution in [0.15, 0.2) is 108 Å². The topological polar surface area (TPSA) is 38.9 Å². The summed E-state index contributed by atoms with van der Waals surface area (Å²) in [6, 6.07) is 33.5. The quantitative estimate of drug-likeness (QED) is 0.128. The molecule has 0 fully saturated rings. The Kier molecular flexibility index (Phi) is 9.24. The SMILES string of the molecule is [2H]C(C)(C)c1ccnc(-c2[c-]cc3oc4ccc(-c5ccc(F)cc5)cc4c3c2)c1.[2H]C([2H])([2H])c1c[c-]c(-c2cc(C)[c]([Ge]([CH3])([CH3])[CH3])cn2)cc1.[Ir]. The number of furan rings is 1. The van der Waals surface area contributed by atoms with Gasteiger partial charge in [-0.1, -0.05) is 49.1 Å². The van der Waals surface area contributed by atoms with Crippen LogP contribution in [0.1, 0.15) is 41.9 Å². The second-order valence-corrected chi connectivity index (χ2v) is 23.6. The molecule has 7 aromatic rings. The molecular weight excluding hydrogens is 832 g/mol. The molecule has 48 heavy (non-hydrogen) atoms. The van der Waals surface area contributed by atoms with Gasteiger partial charge in [-0.25, -0.2) is 4.39 Å². The maximum absolute atomic E-state index is 13.3. The van der Waals surface area contributed by atoms with Gasteiger partial charge in [0.25, 0.3) is 0 Å². The second-order valence-electron chi connectivity index (χ2n) is 13.0. The predicted octanol–water partition coefficient (Wildman–Crippen LogP) is 11.1. The molecular formula is C42H39FGeIrN2O-2. The number of rotatable bonds is 5. The molecule has 3 heterocycles. The van der Waals surface area contributed by atoms with Crippen molar-refractivity contribution >= 4 is 39.6 Å². The molecule has 1 radical (unpaired) electrons. The molecule has 4 aromatic carbocycles. The van der Waals surface area contributed by atoms with Crippen molar-refractivity contribution in [2.45, 2.75) is 50.8 Å². The van der Waals surface area contributed by atoms with Crippen molar-refractivity contribution in [3.8, 4) is 33.6 Å². The van der Waals surface area contributed by atoms with Crippen LogP contribution in [0, 0.1) is 31.7 Å². The smallest absolute Gasteiger partial charge is 0 e. The van der Waals surface area contributed by atoms with E-state index < -0.39 is 26.0 Å². The maximum atomic E-state index is 13.3. The Morgan fingerprint density at radius 1 is 0.792 bits per heavy atom. The fourth-order valence-corrected chi connectivity index (χ4v) is 9.23. The summed E-state index contributed by atoms with van der Waals surface area (Å²) < 4.78 is 51.1. The molecule has 3 aromatic heterocycles. The van der Waals surface area contributed by atoms with E-state index >= 15 is 0 Å². The average Bonchev–Trinajstić information content (AvgIpc) is 3.45.